The van der Waals surface area contributed by atoms with Crippen molar-refractivity contribution in [1.29, 1.82) is 0 Å². The first-order chi connectivity index (χ1) is 19.2. The van der Waals surface area contributed by atoms with Gasteiger partial charge >= 0.3 is 6.09 Å². The molecule has 5 rings (SSSR count). The molecule has 1 unspecified atom stereocenters. The number of benzene rings is 4. The van der Waals surface area contributed by atoms with E-state index in [2.05, 4.69) is 77.0 Å². The van der Waals surface area contributed by atoms with Crippen LogP contribution in [0.5, 0.6) is 0 Å². The first kappa shape index (κ1) is 26.6. The molecule has 6 heteroatoms. The zero-order valence-electron chi connectivity index (χ0n) is 21.9. The molecule has 0 aliphatic heterocycles. The number of nitrogens with zero attached hydrogens (tertiary/aromatic N) is 2. The molecule has 0 aliphatic rings. The van der Waals surface area contributed by atoms with E-state index in [4.69, 9.17) is 4.74 Å². The minimum absolute atomic E-state index is 0.161. The second-order valence-electron chi connectivity index (χ2n) is 9.58. The zero-order chi connectivity index (χ0) is 26.7. The normalized spacial score (nSPS) is 11.8. The first-order valence-corrected chi connectivity index (χ1v) is 14.2. The Morgan fingerprint density at radius 2 is 1.56 bits per heavy atom. The molecule has 1 heterocycles. The lowest BCUT2D eigenvalue weighted by Crippen LogP contribution is -2.31. The summed E-state index contributed by atoms with van der Waals surface area (Å²) in [4.78, 5) is 19.9. The van der Waals surface area contributed by atoms with Crippen LogP contribution in [0.4, 0.5) is 4.79 Å². The Labute approximate surface area is 234 Å². The average Bonchev–Trinajstić information content (AvgIpc) is 3.50. The van der Waals surface area contributed by atoms with Crippen LogP contribution in [0.25, 0.3) is 10.8 Å². The van der Waals surface area contributed by atoms with Crippen LogP contribution in [0.3, 0.4) is 0 Å². The van der Waals surface area contributed by atoms with Crippen LogP contribution in [-0.2, 0) is 24.2 Å². The van der Waals surface area contributed by atoms with E-state index in [1.165, 1.54) is 21.9 Å². The molecule has 1 aromatic heterocycles. The number of hydrogen-bond donors (Lipinski definition) is 1. The Morgan fingerprint density at radius 3 is 2.31 bits per heavy atom. The van der Waals surface area contributed by atoms with Gasteiger partial charge in [-0.25, -0.2) is 4.79 Å². The van der Waals surface area contributed by atoms with Crippen molar-refractivity contribution in [2.75, 3.05) is 13.2 Å². The Balaban J connectivity index is 1.18. The maximum atomic E-state index is 13.0. The molecule has 0 aliphatic carbocycles. The van der Waals surface area contributed by atoms with Gasteiger partial charge in [-0.1, -0.05) is 97.1 Å². The molecule has 5 aromatic rings. The molecule has 0 fully saturated rings. The number of hydrogen-bond acceptors (Lipinski definition) is 5. The van der Waals surface area contributed by atoms with E-state index in [1.807, 2.05) is 36.4 Å². The first-order valence-electron chi connectivity index (χ1n) is 13.3. The van der Waals surface area contributed by atoms with Crippen LogP contribution >= 0.6 is 11.3 Å². The van der Waals surface area contributed by atoms with Gasteiger partial charge in [-0.2, -0.15) is 0 Å². The van der Waals surface area contributed by atoms with E-state index in [9.17, 15) is 4.79 Å². The molecule has 0 radical (unpaired) electrons. The van der Waals surface area contributed by atoms with Gasteiger partial charge in [0.15, 0.2) is 0 Å². The summed E-state index contributed by atoms with van der Waals surface area (Å²) in [6.07, 6.45) is 3.12. The smallest absolute Gasteiger partial charge is 0.410 e. The van der Waals surface area contributed by atoms with Crippen LogP contribution in [0, 0.1) is 0 Å². The Hall–Kier alpha value is -4.00. The third-order valence-electron chi connectivity index (χ3n) is 6.70. The topological polar surface area (TPSA) is 54.5 Å². The number of fused-ring (bicyclic) bond motifs is 1. The highest BCUT2D eigenvalue weighted by molar-refractivity contribution is 7.09. The summed E-state index contributed by atoms with van der Waals surface area (Å²) >= 11 is 1.54. The molecule has 4 aromatic carbocycles. The fourth-order valence-electron chi connectivity index (χ4n) is 4.68. The molecule has 1 N–H and O–H groups in total. The second-order valence-corrected chi connectivity index (χ2v) is 10.6. The Morgan fingerprint density at radius 1 is 0.846 bits per heavy atom. The van der Waals surface area contributed by atoms with Crippen molar-refractivity contribution in [2.24, 2.45) is 0 Å². The van der Waals surface area contributed by atoms with Crippen LogP contribution in [0.1, 0.15) is 34.0 Å². The molecule has 198 valence electrons. The van der Waals surface area contributed by atoms with Crippen LogP contribution in [0.2, 0.25) is 0 Å². The number of ether oxygens (including phenoxy) is 1. The number of aromatic nitrogens is 1. The van der Waals surface area contributed by atoms with Gasteiger partial charge in [-0.3, -0.25) is 9.88 Å². The molecular weight excluding hydrogens is 502 g/mol. The van der Waals surface area contributed by atoms with Crippen molar-refractivity contribution < 1.29 is 9.53 Å². The van der Waals surface area contributed by atoms with Gasteiger partial charge in [0.2, 0.25) is 0 Å². The lowest BCUT2D eigenvalue weighted by atomic mass is 9.96. The van der Waals surface area contributed by atoms with Crippen molar-refractivity contribution in [1.82, 2.24) is 15.2 Å². The highest BCUT2D eigenvalue weighted by Gasteiger charge is 2.17. The Kier molecular flexibility index (Phi) is 9.34. The highest BCUT2D eigenvalue weighted by atomic mass is 32.1. The maximum absolute atomic E-state index is 13.0. The quantitative estimate of drug-likeness (QED) is 0.169. The predicted molar refractivity (Wildman–Crippen MR) is 159 cm³/mol. The van der Waals surface area contributed by atoms with Crippen LogP contribution in [0.15, 0.2) is 115 Å². The van der Waals surface area contributed by atoms with E-state index in [1.54, 1.807) is 27.9 Å². The van der Waals surface area contributed by atoms with E-state index in [0.29, 0.717) is 19.7 Å². The van der Waals surface area contributed by atoms with E-state index < -0.39 is 0 Å². The van der Waals surface area contributed by atoms with Gasteiger partial charge in [0.25, 0.3) is 0 Å². The SMILES string of the molecule is O=C(OCCCNC(Cc1ccccc1)c1ccc2ccccc2c1)N(Cc1ccccc1)Cc1cncs1. The molecule has 1 atom stereocenters. The molecule has 1 amide bonds. The summed E-state index contributed by atoms with van der Waals surface area (Å²) < 4.78 is 5.72. The molecule has 0 spiro atoms. The van der Waals surface area contributed by atoms with Gasteiger partial charge in [0.1, 0.15) is 0 Å². The van der Waals surface area contributed by atoms with Gasteiger partial charge < -0.3 is 10.1 Å². The number of nitrogens with one attached hydrogen (secondary N) is 1. The fraction of sp³-hybridized carbons (Fsp3) is 0.212. The van der Waals surface area contributed by atoms with Gasteiger partial charge in [0, 0.05) is 23.7 Å². The van der Waals surface area contributed by atoms with Crippen molar-refractivity contribution in [3.63, 3.8) is 0 Å². The number of thiazole rings is 1. The van der Waals surface area contributed by atoms with Crippen molar-refractivity contribution in [3.05, 3.63) is 136 Å². The number of carbonyl (C=O) groups excluding carboxylic acids is 1. The zero-order valence-corrected chi connectivity index (χ0v) is 22.7. The van der Waals surface area contributed by atoms with Gasteiger partial charge in [-0.05, 0) is 52.9 Å². The van der Waals surface area contributed by atoms with E-state index in [0.717, 1.165) is 29.8 Å². The summed E-state index contributed by atoms with van der Waals surface area (Å²) in [5, 5.41) is 6.20. The largest absolute Gasteiger partial charge is 0.449 e. The third kappa shape index (κ3) is 7.76. The van der Waals surface area contributed by atoms with Crippen molar-refractivity contribution in [3.8, 4) is 0 Å². The number of carbonyl (C=O) groups is 1. The van der Waals surface area contributed by atoms with Crippen molar-refractivity contribution in [2.45, 2.75) is 32.0 Å². The minimum atomic E-state index is -0.303. The van der Waals surface area contributed by atoms with Gasteiger partial charge in [0.05, 0.1) is 18.7 Å². The summed E-state index contributed by atoms with van der Waals surface area (Å²) in [6.45, 7) is 2.08. The molecular formula is C33H33N3O2S. The monoisotopic (exact) mass is 535 g/mol. The third-order valence-corrected chi connectivity index (χ3v) is 7.46. The molecule has 39 heavy (non-hydrogen) atoms. The highest BCUT2D eigenvalue weighted by Crippen LogP contribution is 2.23. The standard InChI is InChI=1S/C33H33N3O2S/c37-33(36(24-31-22-34-25-39-31)23-27-12-5-2-6-13-27)38-19-9-18-35-32(20-26-10-3-1-4-11-26)30-17-16-28-14-7-8-15-29(28)21-30/h1-8,10-17,21-22,25,32,35H,9,18-20,23-24H2. The summed E-state index contributed by atoms with van der Waals surface area (Å²) in [5.41, 5.74) is 5.40. The lowest BCUT2D eigenvalue weighted by molar-refractivity contribution is 0.0961. The number of rotatable bonds is 12. The average molecular weight is 536 g/mol. The fourth-order valence-corrected chi connectivity index (χ4v) is 5.29. The predicted octanol–water partition coefficient (Wildman–Crippen LogP) is 7.40. The van der Waals surface area contributed by atoms with Crippen LogP contribution in [-0.4, -0.2) is 29.1 Å². The summed E-state index contributed by atoms with van der Waals surface area (Å²) in [5.74, 6) is 0. The van der Waals surface area contributed by atoms with Gasteiger partial charge in [-0.15, -0.1) is 11.3 Å². The van der Waals surface area contributed by atoms with Crippen LogP contribution < -0.4 is 5.32 Å². The van der Waals surface area contributed by atoms with E-state index >= 15 is 0 Å². The maximum Gasteiger partial charge on any atom is 0.410 e. The Bertz CT molecular complexity index is 1440. The van der Waals surface area contributed by atoms with Crippen molar-refractivity contribution >= 4 is 28.2 Å². The second kappa shape index (κ2) is 13.7. The molecule has 5 nitrogen and oxygen atoms in total. The molecule has 0 saturated heterocycles. The summed E-state index contributed by atoms with van der Waals surface area (Å²) in [7, 11) is 0. The lowest BCUT2D eigenvalue weighted by Gasteiger charge is -2.22. The number of amides is 1. The summed E-state index contributed by atoms with van der Waals surface area (Å²) in [6, 6.07) is 35.8. The van der Waals surface area contributed by atoms with E-state index in [-0.39, 0.29) is 12.1 Å². The molecule has 0 saturated carbocycles. The minimum Gasteiger partial charge on any atom is -0.449 e. The molecule has 0 bridgehead atoms.